The van der Waals surface area contributed by atoms with Crippen LogP contribution in [-0.2, 0) is 22.7 Å². The van der Waals surface area contributed by atoms with Crippen LogP contribution >= 0.6 is 0 Å². The molecule has 0 fully saturated rings. The van der Waals surface area contributed by atoms with Crippen LogP contribution in [0.3, 0.4) is 0 Å². The summed E-state index contributed by atoms with van der Waals surface area (Å²) in [6.07, 6.45) is 0. The number of nitrogens with zero attached hydrogens (tertiary/aromatic N) is 1. The van der Waals surface area contributed by atoms with Gasteiger partial charge in [-0.2, -0.15) is 0 Å². The molecule has 1 heterocycles. The first-order valence-electron chi connectivity index (χ1n) is 10.2. The second-order valence-corrected chi connectivity index (χ2v) is 7.29. The Morgan fingerprint density at radius 2 is 1.69 bits per heavy atom. The SMILES string of the molecule is CN[C@@H](C)C(=O)Nc1ccc(-c2ccccc2)n(CC(=O)NCc2ccc(F)cc2)c1=O. The Morgan fingerprint density at radius 1 is 1.00 bits per heavy atom. The molecular formula is C24H25FN4O3. The van der Waals surface area contributed by atoms with Crippen molar-refractivity contribution in [3.05, 3.63) is 88.5 Å². The second-order valence-electron chi connectivity index (χ2n) is 7.29. The number of halogens is 1. The van der Waals surface area contributed by atoms with Gasteiger partial charge < -0.3 is 16.0 Å². The lowest BCUT2D eigenvalue weighted by molar-refractivity contribution is -0.121. The molecule has 0 saturated carbocycles. The largest absolute Gasteiger partial charge is 0.350 e. The van der Waals surface area contributed by atoms with E-state index in [0.717, 1.165) is 11.1 Å². The third kappa shape index (κ3) is 5.67. The monoisotopic (exact) mass is 436 g/mol. The van der Waals surface area contributed by atoms with Crippen molar-refractivity contribution in [1.82, 2.24) is 15.2 Å². The van der Waals surface area contributed by atoms with E-state index in [4.69, 9.17) is 0 Å². The average molecular weight is 436 g/mol. The van der Waals surface area contributed by atoms with Gasteiger partial charge in [-0.1, -0.05) is 42.5 Å². The van der Waals surface area contributed by atoms with Crippen molar-refractivity contribution < 1.29 is 14.0 Å². The first-order chi connectivity index (χ1) is 15.4. The second kappa shape index (κ2) is 10.5. The Morgan fingerprint density at radius 3 is 2.34 bits per heavy atom. The normalized spacial score (nSPS) is 11.6. The van der Waals surface area contributed by atoms with E-state index in [-0.39, 0.29) is 36.4 Å². The first kappa shape index (κ1) is 22.9. The van der Waals surface area contributed by atoms with E-state index >= 15 is 0 Å². The molecule has 0 aliphatic carbocycles. The number of nitrogens with one attached hydrogen (secondary N) is 3. The minimum Gasteiger partial charge on any atom is -0.350 e. The van der Waals surface area contributed by atoms with Crippen molar-refractivity contribution in [3.63, 3.8) is 0 Å². The summed E-state index contributed by atoms with van der Waals surface area (Å²) in [5, 5.41) is 8.17. The first-order valence-corrected chi connectivity index (χ1v) is 10.2. The third-order valence-corrected chi connectivity index (χ3v) is 5.03. The molecule has 0 bridgehead atoms. The highest BCUT2D eigenvalue weighted by Crippen LogP contribution is 2.19. The lowest BCUT2D eigenvalue weighted by atomic mass is 10.1. The third-order valence-electron chi connectivity index (χ3n) is 5.03. The van der Waals surface area contributed by atoms with E-state index < -0.39 is 11.6 Å². The summed E-state index contributed by atoms with van der Waals surface area (Å²) in [6, 6.07) is 17.7. The molecule has 0 spiro atoms. The average Bonchev–Trinajstić information content (AvgIpc) is 2.81. The molecule has 1 atom stereocenters. The van der Waals surface area contributed by atoms with Gasteiger partial charge in [0.25, 0.3) is 5.56 Å². The van der Waals surface area contributed by atoms with Gasteiger partial charge in [-0.3, -0.25) is 19.0 Å². The maximum atomic E-state index is 13.2. The summed E-state index contributed by atoms with van der Waals surface area (Å²) in [5.74, 6) is -1.10. The predicted octanol–water partition coefficient (Wildman–Crippen LogP) is 2.52. The number of benzene rings is 2. The zero-order valence-electron chi connectivity index (χ0n) is 17.9. The Kier molecular flexibility index (Phi) is 7.51. The molecule has 2 amide bonds. The van der Waals surface area contributed by atoms with Crippen LogP contribution in [0.1, 0.15) is 12.5 Å². The van der Waals surface area contributed by atoms with Crippen molar-refractivity contribution in [3.8, 4) is 11.3 Å². The zero-order chi connectivity index (χ0) is 23.1. The fraction of sp³-hybridized carbons (Fsp3) is 0.208. The summed E-state index contributed by atoms with van der Waals surface area (Å²) in [5.41, 5.74) is 1.64. The van der Waals surface area contributed by atoms with Crippen molar-refractivity contribution in [2.45, 2.75) is 26.1 Å². The molecular weight excluding hydrogens is 411 g/mol. The predicted molar refractivity (Wildman–Crippen MR) is 122 cm³/mol. The number of hydrogen-bond acceptors (Lipinski definition) is 4. The fourth-order valence-corrected chi connectivity index (χ4v) is 3.07. The number of aromatic nitrogens is 1. The standard InChI is InChI=1S/C24H25FN4O3/c1-16(26-2)23(31)28-20-12-13-21(18-6-4-3-5-7-18)29(24(20)32)15-22(30)27-14-17-8-10-19(25)11-9-17/h3-13,16,26H,14-15H2,1-2H3,(H,27,30)(H,28,31)/t16-/m0/s1. The quantitative estimate of drug-likeness (QED) is 0.506. The molecule has 166 valence electrons. The molecule has 3 rings (SSSR count). The molecule has 1 aromatic heterocycles. The lowest BCUT2D eigenvalue weighted by Crippen LogP contribution is -2.38. The van der Waals surface area contributed by atoms with Crippen LogP contribution in [0, 0.1) is 5.82 Å². The number of amides is 2. The van der Waals surface area contributed by atoms with E-state index in [0.29, 0.717) is 5.69 Å². The summed E-state index contributed by atoms with van der Waals surface area (Å²) in [4.78, 5) is 38.0. The van der Waals surface area contributed by atoms with Gasteiger partial charge in [0, 0.05) is 6.54 Å². The molecule has 32 heavy (non-hydrogen) atoms. The van der Waals surface area contributed by atoms with Gasteiger partial charge in [0.15, 0.2) is 0 Å². The molecule has 0 aliphatic heterocycles. The molecule has 3 N–H and O–H groups in total. The van der Waals surface area contributed by atoms with E-state index in [2.05, 4.69) is 16.0 Å². The number of anilines is 1. The summed E-state index contributed by atoms with van der Waals surface area (Å²) < 4.78 is 14.4. The fourth-order valence-electron chi connectivity index (χ4n) is 3.07. The lowest BCUT2D eigenvalue weighted by Gasteiger charge is -2.16. The van der Waals surface area contributed by atoms with E-state index in [1.54, 1.807) is 32.2 Å². The van der Waals surface area contributed by atoms with Gasteiger partial charge in [-0.15, -0.1) is 0 Å². The van der Waals surface area contributed by atoms with E-state index in [1.165, 1.54) is 22.8 Å². The van der Waals surface area contributed by atoms with Crippen LogP contribution in [0.25, 0.3) is 11.3 Å². The smallest absolute Gasteiger partial charge is 0.275 e. The van der Waals surface area contributed by atoms with Crippen molar-refractivity contribution in [1.29, 1.82) is 0 Å². The molecule has 8 heteroatoms. The highest BCUT2D eigenvalue weighted by Gasteiger charge is 2.17. The maximum Gasteiger partial charge on any atom is 0.275 e. The molecule has 7 nitrogen and oxygen atoms in total. The van der Waals surface area contributed by atoms with Crippen LogP contribution < -0.4 is 21.5 Å². The highest BCUT2D eigenvalue weighted by molar-refractivity contribution is 5.94. The Labute approximate surface area is 185 Å². The molecule has 0 radical (unpaired) electrons. The molecule has 2 aromatic carbocycles. The van der Waals surface area contributed by atoms with Gasteiger partial charge in [0.1, 0.15) is 18.0 Å². The molecule has 3 aromatic rings. The van der Waals surface area contributed by atoms with Crippen LogP contribution in [0.2, 0.25) is 0 Å². The molecule has 0 unspecified atom stereocenters. The van der Waals surface area contributed by atoms with Crippen LogP contribution in [0.5, 0.6) is 0 Å². The van der Waals surface area contributed by atoms with Crippen molar-refractivity contribution in [2.24, 2.45) is 0 Å². The van der Waals surface area contributed by atoms with E-state index in [1.807, 2.05) is 30.3 Å². The highest BCUT2D eigenvalue weighted by atomic mass is 19.1. The van der Waals surface area contributed by atoms with Crippen LogP contribution in [0.15, 0.2) is 71.5 Å². The minimum absolute atomic E-state index is 0.0862. The number of carbonyl (C=O) groups is 2. The summed E-state index contributed by atoms with van der Waals surface area (Å²) in [6.45, 7) is 1.63. The summed E-state index contributed by atoms with van der Waals surface area (Å²) >= 11 is 0. The summed E-state index contributed by atoms with van der Waals surface area (Å²) in [7, 11) is 1.65. The molecule has 0 aliphatic rings. The van der Waals surface area contributed by atoms with Gasteiger partial charge in [-0.25, -0.2) is 4.39 Å². The van der Waals surface area contributed by atoms with Gasteiger partial charge >= 0.3 is 0 Å². The van der Waals surface area contributed by atoms with Crippen LogP contribution in [0.4, 0.5) is 10.1 Å². The van der Waals surface area contributed by atoms with Gasteiger partial charge in [0.2, 0.25) is 11.8 Å². The number of hydrogen-bond donors (Lipinski definition) is 3. The van der Waals surface area contributed by atoms with Crippen molar-refractivity contribution in [2.75, 3.05) is 12.4 Å². The van der Waals surface area contributed by atoms with Crippen LogP contribution in [-0.4, -0.2) is 29.5 Å². The number of rotatable bonds is 8. The van der Waals surface area contributed by atoms with Gasteiger partial charge in [0.05, 0.1) is 11.7 Å². The van der Waals surface area contributed by atoms with Gasteiger partial charge in [-0.05, 0) is 49.4 Å². The topological polar surface area (TPSA) is 92.2 Å². The number of carbonyl (C=O) groups excluding carboxylic acids is 2. The van der Waals surface area contributed by atoms with Crippen molar-refractivity contribution >= 4 is 17.5 Å². The number of likely N-dealkylation sites (N-methyl/N-ethyl adjacent to an activating group) is 1. The Balaban J connectivity index is 1.87. The molecule has 0 saturated heterocycles. The zero-order valence-corrected chi connectivity index (χ0v) is 17.9. The Hall–Kier alpha value is -3.78. The minimum atomic E-state index is -0.490. The van der Waals surface area contributed by atoms with E-state index in [9.17, 15) is 18.8 Å². The maximum absolute atomic E-state index is 13.2. The Bertz CT molecular complexity index is 1140. The number of pyridine rings is 1.